The zero-order valence-electron chi connectivity index (χ0n) is 18.4. The fourth-order valence-electron chi connectivity index (χ4n) is 4.62. The Balaban J connectivity index is 1.40. The molecule has 0 spiro atoms. The summed E-state index contributed by atoms with van der Waals surface area (Å²) in [5, 5.41) is 17.4. The van der Waals surface area contributed by atoms with Gasteiger partial charge in [-0.15, -0.1) is 10.2 Å². The molecule has 170 valence electrons. The van der Waals surface area contributed by atoms with E-state index in [1.54, 1.807) is 19.5 Å². The number of fused-ring (bicyclic) bond motifs is 1. The van der Waals surface area contributed by atoms with Crippen LogP contribution in [0.5, 0.6) is 0 Å². The molecule has 1 fully saturated rings. The third kappa shape index (κ3) is 3.78. The molecule has 3 aromatic rings. The van der Waals surface area contributed by atoms with Crippen molar-refractivity contribution in [2.24, 2.45) is 0 Å². The Hall–Kier alpha value is -2.17. The minimum atomic E-state index is -0.297. The van der Waals surface area contributed by atoms with Crippen LogP contribution in [0, 0.1) is 0 Å². The van der Waals surface area contributed by atoms with Crippen LogP contribution in [-0.2, 0) is 23.1 Å². The van der Waals surface area contributed by atoms with Crippen molar-refractivity contribution in [3.63, 3.8) is 0 Å². The van der Waals surface area contributed by atoms with Gasteiger partial charge in [0.05, 0.1) is 10.3 Å². The predicted octanol–water partition coefficient (Wildman–Crippen LogP) is 4.34. The van der Waals surface area contributed by atoms with Gasteiger partial charge in [-0.3, -0.25) is 14.4 Å². The highest BCUT2D eigenvalue weighted by Gasteiger charge is 2.39. The number of aromatic nitrogens is 7. The second-order valence-corrected chi connectivity index (χ2v) is 10.4. The van der Waals surface area contributed by atoms with Crippen molar-refractivity contribution in [2.75, 3.05) is 11.8 Å². The van der Waals surface area contributed by atoms with E-state index in [9.17, 15) is 0 Å². The molecule has 0 aliphatic heterocycles. The van der Waals surface area contributed by atoms with Gasteiger partial charge in [-0.1, -0.05) is 11.6 Å². The lowest BCUT2D eigenvalue weighted by Crippen LogP contribution is -2.38. The molecule has 2 N–H and O–H groups in total. The molecule has 3 heterocycles. The van der Waals surface area contributed by atoms with Crippen LogP contribution in [-0.4, -0.2) is 47.3 Å². The van der Waals surface area contributed by atoms with Crippen molar-refractivity contribution in [2.45, 2.75) is 69.3 Å². The Morgan fingerprint density at radius 3 is 2.69 bits per heavy atom. The van der Waals surface area contributed by atoms with Crippen molar-refractivity contribution < 1.29 is 4.74 Å². The number of anilines is 1. The monoisotopic (exact) mass is 474 g/mol. The molecular weight excluding hydrogens is 448 g/mol. The molecule has 32 heavy (non-hydrogen) atoms. The molecule has 0 aromatic carbocycles. The van der Waals surface area contributed by atoms with Gasteiger partial charge in [0, 0.05) is 36.3 Å². The lowest BCUT2D eigenvalue weighted by atomic mass is 9.78. The second kappa shape index (κ2) is 8.64. The van der Waals surface area contributed by atoms with E-state index in [0.29, 0.717) is 10.8 Å². The Morgan fingerprint density at radius 2 is 2.00 bits per heavy atom. The summed E-state index contributed by atoms with van der Waals surface area (Å²) in [5.74, 6) is 2.17. The van der Waals surface area contributed by atoms with E-state index in [4.69, 9.17) is 16.3 Å². The minimum Gasteiger partial charge on any atom is -0.372 e. The molecule has 9 nitrogen and oxygen atoms in total. The topological polar surface area (TPSA) is 106 Å². The molecule has 0 radical (unpaired) electrons. The summed E-state index contributed by atoms with van der Waals surface area (Å²) in [6, 6.07) is 0. The standard InChI is InChI=1S/C21H27ClN8OS/c1-12(17(31-3)18-23-10-13(22)11-24-18)32-29-20-28-27-19(30(20)21(2)8-5-9-21)16-14-6-4-7-15(14)25-26-16/h10-12,17H,4-9H2,1-3H3,(H,25,26)(H,28,29). The predicted molar refractivity (Wildman–Crippen MR) is 125 cm³/mol. The molecule has 2 aliphatic carbocycles. The molecule has 3 aromatic heterocycles. The van der Waals surface area contributed by atoms with Gasteiger partial charge in [0.1, 0.15) is 11.8 Å². The summed E-state index contributed by atoms with van der Waals surface area (Å²) in [6.45, 7) is 4.34. The first-order chi connectivity index (χ1) is 15.5. The summed E-state index contributed by atoms with van der Waals surface area (Å²) in [5.41, 5.74) is 3.44. The molecule has 5 rings (SSSR count). The van der Waals surface area contributed by atoms with Gasteiger partial charge >= 0.3 is 0 Å². The van der Waals surface area contributed by atoms with Crippen molar-refractivity contribution in [3.8, 4) is 11.5 Å². The highest BCUT2D eigenvalue weighted by molar-refractivity contribution is 8.01. The number of hydrogen-bond acceptors (Lipinski definition) is 8. The fraction of sp³-hybridized carbons (Fsp3) is 0.571. The molecule has 1 saturated carbocycles. The molecule has 0 bridgehead atoms. The molecule has 0 amide bonds. The molecule has 2 atom stereocenters. The maximum Gasteiger partial charge on any atom is 0.235 e. The van der Waals surface area contributed by atoms with Gasteiger partial charge in [0.25, 0.3) is 0 Å². The van der Waals surface area contributed by atoms with E-state index in [-0.39, 0.29) is 16.9 Å². The zero-order chi connectivity index (χ0) is 22.3. The number of hydrogen-bond donors (Lipinski definition) is 2. The van der Waals surface area contributed by atoms with E-state index in [0.717, 1.165) is 49.6 Å². The number of rotatable bonds is 8. The molecule has 2 aliphatic rings. The largest absolute Gasteiger partial charge is 0.372 e. The van der Waals surface area contributed by atoms with Crippen LogP contribution in [0.3, 0.4) is 0 Å². The summed E-state index contributed by atoms with van der Waals surface area (Å²) in [7, 11) is 1.66. The first-order valence-electron chi connectivity index (χ1n) is 10.9. The number of aryl methyl sites for hydroxylation is 1. The Kier molecular flexibility index (Phi) is 5.85. The number of nitrogens with one attached hydrogen (secondary N) is 2. The Morgan fingerprint density at radius 1 is 1.22 bits per heavy atom. The third-order valence-corrected chi connectivity index (χ3v) is 7.68. The quantitative estimate of drug-likeness (QED) is 0.464. The smallest absolute Gasteiger partial charge is 0.235 e. The number of aromatic amines is 1. The number of halogens is 1. The van der Waals surface area contributed by atoms with Crippen LogP contribution >= 0.6 is 23.5 Å². The normalized spacial score (nSPS) is 18.8. The third-order valence-electron chi connectivity index (χ3n) is 6.56. The summed E-state index contributed by atoms with van der Waals surface area (Å²) in [4.78, 5) is 8.64. The maximum atomic E-state index is 5.93. The highest BCUT2D eigenvalue weighted by atomic mass is 35.5. The number of methoxy groups -OCH3 is 1. The lowest BCUT2D eigenvalue weighted by molar-refractivity contribution is 0.0972. The molecule has 2 unspecified atom stereocenters. The van der Waals surface area contributed by atoms with Gasteiger partial charge < -0.3 is 4.74 Å². The van der Waals surface area contributed by atoms with E-state index in [2.05, 4.69) is 53.5 Å². The number of nitrogens with zero attached hydrogens (tertiary/aromatic N) is 6. The van der Waals surface area contributed by atoms with Crippen molar-refractivity contribution in [1.29, 1.82) is 0 Å². The average molecular weight is 475 g/mol. The van der Waals surface area contributed by atoms with Crippen LogP contribution in [0.4, 0.5) is 5.95 Å². The van der Waals surface area contributed by atoms with Crippen molar-refractivity contribution in [1.82, 2.24) is 34.9 Å². The van der Waals surface area contributed by atoms with Crippen LogP contribution in [0.2, 0.25) is 5.02 Å². The Bertz CT molecular complexity index is 1090. The number of ether oxygens (including phenoxy) is 1. The second-order valence-electron chi connectivity index (χ2n) is 8.76. The molecular formula is C21H27ClN8OS. The van der Waals surface area contributed by atoms with E-state index < -0.39 is 0 Å². The first kappa shape index (κ1) is 21.7. The summed E-state index contributed by atoms with van der Waals surface area (Å²) >= 11 is 7.45. The van der Waals surface area contributed by atoms with Crippen LogP contribution in [0.25, 0.3) is 11.5 Å². The van der Waals surface area contributed by atoms with Gasteiger partial charge in [-0.05, 0) is 64.3 Å². The van der Waals surface area contributed by atoms with E-state index >= 15 is 0 Å². The van der Waals surface area contributed by atoms with Crippen LogP contribution in [0.1, 0.15) is 62.7 Å². The van der Waals surface area contributed by atoms with Crippen molar-refractivity contribution >= 4 is 29.5 Å². The fourth-order valence-corrected chi connectivity index (χ4v) is 5.49. The molecule has 11 heteroatoms. The minimum absolute atomic E-state index is 0.0126. The first-order valence-corrected chi connectivity index (χ1v) is 12.2. The van der Waals surface area contributed by atoms with Gasteiger partial charge in [-0.2, -0.15) is 5.10 Å². The Labute approximate surface area is 196 Å². The zero-order valence-corrected chi connectivity index (χ0v) is 20.0. The highest BCUT2D eigenvalue weighted by Crippen LogP contribution is 2.44. The SMILES string of the molecule is COC(c1ncc(Cl)cn1)C(C)SNc1nnc(-c2n[nH]c3c2CCC3)n1C1(C)CCC1. The van der Waals surface area contributed by atoms with Gasteiger partial charge in [0.2, 0.25) is 5.95 Å². The van der Waals surface area contributed by atoms with Crippen molar-refractivity contribution in [3.05, 3.63) is 34.5 Å². The summed E-state index contributed by atoms with van der Waals surface area (Å²) < 4.78 is 11.4. The van der Waals surface area contributed by atoms with E-state index in [1.165, 1.54) is 29.6 Å². The van der Waals surface area contributed by atoms with E-state index in [1.807, 2.05) is 0 Å². The van der Waals surface area contributed by atoms with Gasteiger partial charge in [-0.25, -0.2) is 9.97 Å². The maximum absolute atomic E-state index is 5.93. The average Bonchev–Trinajstić information content (AvgIpc) is 3.48. The van der Waals surface area contributed by atoms with Gasteiger partial charge in [0.15, 0.2) is 11.6 Å². The molecule has 0 saturated heterocycles. The van der Waals surface area contributed by atoms with Crippen LogP contribution < -0.4 is 4.72 Å². The summed E-state index contributed by atoms with van der Waals surface area (Å²) in [6.07, 6.45) is 9.52. The van der Waals surface area contributed by atoms with Crippen LogP contribution in [0.15, 0.2) is 12.4 Å². The lowest BCUT2D eigenvalue weighted by Gasteiger charge is -2.41. The number of H-pyrrole nitrogens is 1.